The van der Waals surface area contributed by atoms with E-state index in [9.17, 15) is 4.79 Å². The first-order valence-electron chi connectivity index (χ1n) is 18.4. The van der Waals surface area contributed by atoms with E-state index in [1.165, 1.54) is 46.0 Å². The average Bonchev–Trinajstić information content (AvgIpc) is 3.08. The number of hydrogen-bond donors (Lipinski definition) is 0. The SMILES string of the molecule is COC(=O)c1ccc(N2B(c3c(C)cc(C)cc3C)C(C#C[Si](C(C)C)(C(C)C)C(C)C)=C(c3ccccc3C)C=C2c2ccccc2)cc1C. The molecule has 1 aliphatic rings. The van der Waals surface area contributed by atoms with Gasteiger partial charge < -0.3 is 9.55 Å². The summed E-state index contributed by atoms with van der Waals surface area (Å²) in [4.78, 5) is 15.2. The van der Waals surface area contributed by atoms with Crippen LogP contribution < -0.4 is 10.3 Å². The molecule has 0 aliphatic carbocycles. The maximum Gasteiger partial charge on any atom is 0.338 e. The lowest BCUT2D eigenvalue weighted by Gasteiger charge is -2.41. The van der Waals surface area contributed by atoms with Gasteiger partial charge in [-0.3, -0.25) is 0 Å². The number of hydrogen-bond acceptors (Lipinski definition) is 3. The summed E-state index contributed by atoms with van der Waals surface area (Å²) in [6.45, 7) is 24.9. The largest absolute Gasteiger partial charge is 0.465 e. The van der Waals surface area contributed by atoms with E-state index in [2.05, 4.69) is 170 Å². The molecule has 0 unspecified atom stereocenters. The van der Waals surface area contributed by atoms with E-state index in [4.69, 9.17) is 4.74 Å². The lowest BCUT2D eigenvalue weighted by atomic mass is 9.43. The van der Waals surface area contributed by atoms with Crippen LogP contribution in [-0.4, -0.2) is 28.0 Å². The Balaban J connectivity index is 2.00. The van der Waals surface area contributed by atoms with Crippen molar-refractivity contribution in [2.45, 2.75) is 92.8 Å². The Hall–Kier alpha value is -4.53. The number of anilines is 1. The first kappa shape index (κ1) is 37.7. The van der Waals surface area contributed by atoms with Gasteiger partial charge >= 0.3 is 12.8 Å². The van der Waals surface area contributed by atoms with Gasteiger partial charge in [-0.05, 0) is 109 Å². The molecule has 1 heterocycles. The van der Waals surface area contributed by atoms with E-state index < -0.39 is 8.07 Å². The van der Waals surface area contributed by atoms with Crippen molar-refractivity contribution in [3.05, 3.63) is 141 Å². The number of nitrogens with zero attached hydrogens (tertiary/aromatic N) is 1. The number of carbonyl (C=O) groups is 1. The summed E-state index contributed by atoms with van der Waals surface area (Å²) in [6.07, 6.45) is 2.37. The van der Waals surface area contributed by atoms with Crippen LogP contribution in [0.5, 0.6) is 0 Å². The summed E-state index contributed by atoms with van der Waals surface area (Å²) in [5.74, 6) is 3.73. The summed E-state index contributed by atoms with van der Waals surface area (Å²) >= 11 is 0. The average molecular weight is 692 g/mol. The van der Waals surface area contributed by atoms with Gasteiger partial charge in [0, 0.05) is 16.9 Å². The predicted octanol–water partition coefficient (Wildman–Crippen LogP) is 11.0. The van der Waals surface area contributed by atoms with E-state index in [1.807, 2.05) is 13.0 Å². The number of rotatable bonds is 8. The zero-order valence-electron chi connectivity index (χ0n) is 32.7. The molecule has 5 heteroatoms. The highest BCUT2D eigenvalue weighted by atomic mass is 28.3. The molecule has 0 saturated carbocycles. The number of allylic oxidation sites excluding steroid dienone is 3. The second-order valence-corrected chi connectivity index (χ2v) is 20.8. The molecule has 0 radical (unpaired) electrons. The van der Waals surface area contributed by atoms with E-state index in [0.717, 1.165) is 28.0 Å². The van der Waals surface area contributed by atoms with E-state index in [0.29, 0.717) is 22.2 Å². The first-order valence-corrected chi connectivity index (χ1v) is 20.6. The lowest BCUT2D eigenvalue weighted by Crippen LogP contribution is -2.53. The molecular weight excluding hydrogens is 637 g/mol. The topological polar surface area (TPSA) is 29.5 Å². The van der Waals surface area contributed by atoms with E-state index in [1.54, 1.807) is 0 Å². The quantitative estimate of drug-likeness (QED) is 0.105. The Morgan fingerprint density at radius 2 is 1.31 bits per heavy atom. The van der Waals surface area contributed by atoms with Crippen LogP contribution in [0.2, 0.25) is 16.6 Å². The van der Waals surface area contributed by atoms with E-state index >= 15 is 0 Å². The van der Waals surface area contributed by atoms with Crippen LogP contribution in [0.25, 0.3) is 11.3 Å². The third kappa shape index (κ3) is 7.17. The molecule has 0 saturated heterocycles. The van der Waals surface area contributed by atoms with Gasteiger partial charge in [0.2, 0.25) is 0 Å². The molecule has 0 atom stereocenters. The fourth-order valence-corrected chi connectivity index (χ4v) is 13.9. The third-order valence-electron chi connectivity index (χ3n) is 11.1. The van der Waals surface area contributed by atoms with Crippen molar-refractivity contribution < 1.29 is 9.53 Å². The van der Waals surface area contributed by atoms with Crippen LogP contribution >= 0.6 is 0 Å². The number of aryl methyl sites for hydroxylation is 5. The summed E-state index contributed by atoms with van der Waals surface area (Å²) in [5.41, 5.74) is 20.0. The highest BCUT2D eigenvalue weighted by molar-refractivity contribution is 6.91. The molecule has 0 N–H and O–H groups in total. The third-order valence-corrected chi connectivity index (χ3v) is 17.3. The summed E-state index contributed by atoms with van der Waals surface area (Å²) in [6, 6.07) is 30.1. The minimum Gasteiger partial charge on any atom is -0.465 e. The van der Waals surface area contributed by atoms with Crippen LogP contribution in [0.1, 0.15) is 90.8 Å². The summed E-state index contributed by atoms with van der Waals surface area (Å²) in [5, 5.41) is 0. The molecule has 0 spiro atoms. The number of esters is 1. The lowest BCUT2D eigenvalue weighted by molar-refractivity contribution is 0.0600. The maximum atomic E-state index is 12.8. The molecule has 0 aromatic heterocycles. The standard InChI is InChI=1S/C46H54BNO2Si/c1-30(2)51(31(3)4,32(5)6)25-24-43-42(40-21-17-16-18-34(40)8)29-44(38-19-14-13-15-20-38)48(39-22-23-41(35(9)28-39)46(49)50-12)47(43)45-36(10)26-33(7)27-37(45)11/h13-23,26-32H,1-12H3. The molecule has 51 heavy (non-hydrogen) atoms. The van der Waals surface area contributed by atoms with Crippen LogP contribution in [0.15, 0.2) is 96.5 Å². The van der Waals surface area contributed by atoms with Crippen LogP contribution in [0.3, 0.4) is 0 Å². The van der Waals surface area contributed by atoms with Crippen molar-refractivity contribution >= 4 is 43.3 Å². The zero-order valence-corrected chi connectivity index (χ0v) is 33.7. The molecule has 4 aromatic carbocycles. The Labute approximate surface area is 309 Å². The second kappa shape index (κ2) is 15.4. The van der Waals surface area contributed by atoms with E-state index in [-0.39, 0.29) is 12.8 Å². The molecule has 262 valence electrons. The fourth-order valence-electron chi connectivity index (χ4n) is 8.69. The molecule has 0 bridgehead atoms. The minimum atomic E-state index is -2.12. The number of benzene rings is 4. The normalized spacial score (nSPS) is 13.5. The summed E-state index contributed by atoms with van der Waals surface area (Å²) < 4.78 is 5.15. The zero-order chi connectivity index (χ0) is 37.2. The van der Waals surface area contributed by atoms with Crippen molar-refractivity contribution in [1.29, 1.82) is 0 Å². The van der Waals surface area contributed by atoms with Gasteiger partial charge in [0.1, 0.15) is 8.07 Å². The highest BCUT2D eigenvalue weighted by Gasteiger charge is 2.43. The Morgan fingerprint density at radius 1 is 0.725 bits per heavy atom. The molecule has 5 rings (SSSR count). The van der Waals surface area contributed by atoms with Gasteiger partial charge in [-0.2, -0.15) is 0 Å². The first-order chi connectivity index (χ1) is 24.2. The summed E-state index contributed by atoms with van der Waals surface area (Å²) in [7, 11) is -0.686. The van der Waals surface area contributed by atoms with Crippen molar-refractivity contribution in [3.8, 4) is 11.5 Å². The molecular formula is C46H54BNO2Si. The second-order valence-electron chi connectivity index (χ2n) is 15.3. The number of carbonyl (C=O) groups excluding carboxylic acids is 1. The van der Waals surface area contributed by atoms with Gasteiger partial charge in [0.05, 0.1) is 12.7 Å². The minimum absolute atomic E-state index is 0.227. The molecule has 0 amide bonds. The van der Waals surface area contributed by atoms with Crippen molar-refractivity contribution in [2.75, 3.05) is 11.9 Å². The smallest absolute Gasteiger partial charge is 0.338 e. The Kier molecular flexibility index (Phi) is 11.4. The fraction of sp³-hybridized carbons (Fsp3) is 0.326. The molecule has 1 aliphatic heterocycles. The van der Waals surface area contributed by atoms with Gasteiger partial charge in [-0.25, -0.2) is 4.79 Å². The number of ether oxygens (including phenoxy) is 1. The van der Waals surface area contributed by atoms with Crippen molar-refractivity contribution in [3.63, 3.8) is 0 Å². The van der Waals surface area contributed by atoms with Crippen LogP contribution in [-0.2, 0) is 4.74 Å². The van der Waals surface area contributed by atoms with Gasteiger partial charge in [0.15, 0.2) is 0 Å². The Bertz CT molecular complexity index is 2020. The van der Waals surface area contributed by atoms with Crippen molar-refractivity contribution in [2.24, 2.45) is 0 Å². The predicted molar refractivity (Wildman–Crippen MR) is 222 cm³/mol. The van der Waals surface area contributed by atoms with Crippen molar-refractivity contribution in [1.82, 2.24) is 0 Å². The highest BCUT2D eigenvalue weighted by Crippen LogP contribution is 2.43. The van der Waals surface area contributed by atoms with Gasteiger partial charge in [-0.15, -0.1) is 5.54 Å². The molecule has 3 nitrogen and oxygen atoms in total. The van der Waals surface area contributed by atoms with Crippen LogP contribution in [0.4, 0.5) is 5.69 Å². The monoisotopic (exact) mass is 691 g/mol. The Morgan fingerprint density at radius 3 is 1.86 bits per heavy atom. The van der Waals surface area contributed by atoms with Gasteiger partial charge in [-0.1, -0.05) is 131 Å². The number of methoxy groups -OCH3 is 1. The maximum absolute atomic E-state index is 12.8. The van der Waals surface area contributed by atoms with Gasteiger partial charge in [0.25, 0.3) is 0 Å². The molecule has 4 aromatic rings. The van der Waals surface area contributed by atoms with Crippen LogP contribution in [0, 0.1) is 46.1 Å². The molecule has 0 fully saturated rings.